The number of hydrogen-bond donors (Lipinski definition) is 3. The average molecular weight is 422 g/mol. The molecule has 0 bridgehead atoms. The van der Waals surface area contributed by atoms with E-state index in [0.717, 1.165) is 22.3 Å². The number of amides is 2. The van der Waals surface area contributed by atoms with Crippen molar-refractivity contribution in [3.8, 4) is 11.1 Å². The summed E-state index contributed by atoms with van der Waals surface area (Å²) >= 11 is 0. The molecule has 0 radical (unpaired) electrons. The molecular formula is C24H26N2O5. The van der Waals surface area contributed by atoms with Crippen molar-refractivity contribution in [3.63, 3.8) is 0 Å². The van der Waals surface area contributed by atoms with Crippen LogP contribution in [0.1, 0.15) is 43.2 Å². The number of fused-ring (bicyclic) bond motifs is 3. The zero-order chi connectivity index (χ0) is 22.0. The van der Waals surface area contributed by atoms with E-state index in [1.807, 2.05) is 36.4 Å². The van der Waals surface area contributed by atoms with Gasteiger partial charge in [-0.3, -0.25) is 9.59 Å². The van der Waals surface area contributed by atoms with Crippen molar-refractivity contribution >= 4 is 18.0 Å². The van der Waals surface area contributed by atoms with Crippen molar-refractivity contribution in [2.75, 3.05) is 6.61 Å². The number of rotatable bonds is 7. The van der Waals surface area contributed by atoms with Gasteiger partial charge in [-0.2, -0.15) is 0 Å². The van der Waals surface area contributed by atoms with Gasteiger partial charge in [-0.15, -0.1) is 0 Å². The molecule has 1 fully saturated rings. The van der Waals surface area contributed by atoms with Gasteiger partial charge >= 0.3 is 12.1 Å². The van der Waals surface area contributed by atoms with Gasteiger partial charge in [-0.1, -0.05) is 48.5 Å². The Hall–Kier alpha value is -3.35. The second-order valence-corrected chi connectivity index (χ2v) is 8.33. The Morgan fingerprint density at radius 1 is 1.03 bits per heavy atom. The fourth-order valence-electron chi connectivity index (χ4n) is 4.48. The Morgan fingerprint density at radius 3 is 2.19 bits per heavy atom. The molecule has 0 aromatic heterocycles. The van der Waals surface area contributed by atoms with E-state index in [-0.39, 0.29) is 36.8 Å². The van der Waals surface area contributed by atoms with Gasteiger partial charge in [0.1, 0.15) is 12.6 Å². The summed E-state index contributed by atoms with van der Waals surface area (Å²) < 4.78 is 5.47. The number of carboxylic acids is 1. The first kappa shape index (κ1) is 20.9. The van der Waals surface area contributed by atoms with Gasteiger partial charge in [0.05, 0.1) is 0 Å². The largest absolute Gasteiger partial charge is 0.481 e. The Kier molecular flexibility index (Phi) is 5.93. The molecule has 7 heteroatoms. The maximum absolute atomic E-state index is 12.3. The predicted molar refractivity (Wildman–Crippen MR) is 115 cm³/mol. The third-order valence-corrected chi connectivity index (χ3v) is 6.12. The summed E-state index contributed by atoms with van der Waals surface area (Å²) in [5, 5.41) is 14.2. The van der Waals surface area contributed by atoms with Gasteiger partial charge in [0.2, 0.25) is 5.91 Å². The van der Waals surface area contributed by atoms with Crippen molar-refractivity contribution in [1.82, 2.24) is 10.6 Å². The highest BCUT2D eigenvalue weighted by molar-refractivity contribution is 5.85. The molecule has 0 aliphatic heterocycles. The van der Waals surface area contributed by atoms with Crippen LogP contribution < -0.4 is 10.6 Å². The van der Waals surface area contributed by atoms with E-state index < -0.39 is 18.1 Å². The fraction of sp³-hybridized carbons (Fsp3) is 0.375. The molecule has 2 aromatic carbocycles. The Balaban J connectivity index is 1.27. The lowest BCUT2D eigenvalue weighted by atomic mass is 9.78. The normalized spacial score (nSPS) is 20.0. The van der Waals surface area contributed by atoms with Gasteiger partial charge in [-0.05, 0) is 47.9 Å². The van der Waals surface area contributed by atoms with Crippen LogP contribution in [0.25, 0.3) is 11.1 Å². The molecule has 0 saturated heterocycles. The maximum Gasteiger partial charge on any atom is 0.407 e. The highest BCUT2D eigenvalue weighted by atomic mass is 16.5. The van der Waals surface area contributed by atoms with E-state index in [4.69, 9.17) is 9.84 Å². The Morgan fingerprint density at radius 2 is 1.61 bits per heavy atom. The minimum atomic E-state index is -0.819. The van der Waals surface area contributed by atoms with Crippen molar-refractivity contribution in [2.45, 2.75) is 44.2 Å². The van der Waals surface area contributed by atoms with Crippen LogP contribution in [0.4, 0.5) is 4.79 Å². The SMILES string of the molecule is C[C@@H](NC(=O)OCC1c2ccccc2-c2ccccc21)C(=O)NC1CC(CC(=O)O)C1. The summed E-state index contributed by atoms with van der Waals surface area (Å²) in [6.45, 7) is 1.79. The Bertz CT molecular complexity index is 953. The average Bonchev–Trinajstić information content (AvgIpc) is 3.04. The van der Waals surface area contributed by atoms with Crippen LogP contribution in [0.2, 0.25) is 0 Å². The smallest absolute Gasteiger partial charge is 0.407 e. The lowest BCUT2D eigenvalue weighted by Gasteiger charge is -2.35. The number of carboxylic acid groups (broad SMARTS) is 1. The van der Waals surface area contributed by atoms with Gasteiger partial charge in [0.25, 0.3) is 0 Å². The summed E-state index contributed by atoms with van der Waals surface area (Å²) in [6.07, 6.45) is 0.785. The van der Waals surface area contributed by atoms with E-state index in [2.05, 4.69) is 22.8 Å². The number of carbonyl (C=O) groups is 3. The van der Waals surface area contributed by atoms with Crippen LogP contribution in [0.5, 0.6) is 0 Å². The summed E-state index contributed by atoms with van der Waals surface area (Å²) in [7, 11) is 0. The summed E-state index contributed by atoms with van der Waals surface area (Å²) in [6, 6.07) is 15.4. The van der Waals surface area contributed by atoms with Crippen LogP contribution in [0, 0.1) is 5.92 Å². The third kappa shape index (κ3) is 4.55. The molecule has 0 spiro atoms. The number of ether oxygens (including phenoxy) is 1. The molecule has 2 amide bonds. The first-order valence-electron chi connectivity index (χ1n) is 10.6. The quantitative estimate of drug-likeness (QED) is 0.635. The topological polar surface area (TPSA) is 105 Å². The molecule has 0 heterocycles. The molecule has 1 atom stereocenters. The van der Waals surface area contributed by atoms with Crippen LogP contribution in [-0.4, -0.2) is 41.8 Å². The van der Waals surface area contributed by atoms with Crippen LogP contribution in [0.3, 0.4) is 0 Å². The number of aliphatic carboxylic acids is 1. The van der Waals surface area contributed by atoms with Crippen molar-refractivity contribution in [2.24, 2.45) is 5.92 Å². The van der Waals surface area contributed by atoms with E-state index in [1.54, 1.807) is 6.92 Å². The number of nitrogens with one attached hydrogen (secondary N) is 2. The molecule has 1 saturated carbocycles. The van der Waals surface area contributed by atoms with Gasteiger partial charge in [0.15, 0.2) is 0 Å². The molecule has 3 N–H and O–H groups in total. The molecule has 162 valence electrons. The summed E-state index contributed by atoms with van der Waals surface area (Å²) in [5.41, 5.74) is 4.56. The first-order chi connectivity index (χ1) is 14.9. The second kappa shape index (κ2) is 8.79. The van der Waals surface area contributed by atoms with E-state index in [1.165, 1.54) is 0 Å². The van der Waals surface area contributed by atoms with Crippen LogP contribution >= 0.6 is 0 Å². The molecular weight excluding hydrogens is 396 g/mol. The lowest BCUT2D eigenvalue weighted by molar-refractivity contribution is -0.139. The van der Waals surface area contributed by atoms with E-state index in [0.29, 0.717) is 12.8 Å². The van der Waals surface area contributed by atoms with Crippen molar-refractivity contribution in [1.29, 1.82) is 0 Å². The molecule has 2 aromatic rings. The number of carbonyl (C=O) groups excluding carboxylic acids is 2. The fourth-order valence-corrected chi connectivity index (χ4v) is 4.48. The monoisotopic (exact) mass is 422 g/mol. The van der Waals surface area contributed by atoms with E-state index in [9.17, 15) is 14.4 Å². The Labute approximate surface area is 180 Å². The van der Waals surface area contributed by atoms with E-state index >= 15 is 0 Å². The van der Waals surface area contributed by atoms with Crippen molar-refractivity contribution in [3.05, 3.63) is 59.7 Å². The molecule has 31 heavy (non-hydrogen) atoms. The standard InChI is InChI=1S/C24H26N2O5/c1-14(23(29)26-16-10-15(11-16)12-22(27)28)25-24(30)31-13-21-19-8-4-2-6-17(19)18-7-3-5-9-20(18)21/h2-9,14-16,21H,10-13H2,1H3,(H,25,30)(H,26,29)(H,27,28)/t14-,15?,16?/m1/s1. The highest BCUT2D eigenvalue weighted by Crippen LogP contribution is 2.44. The van der Waals surface area contributed by atoms with Crippen LogP contribution in [0.15, 0.2) is 48.5 Å². The third-order valence-electron chi connectivity index (χ3n) is 6.12. The lowest BCUT2D eigenvalue weighted by Crippen LogP contribution is -2.52. The number of benzene rings is 2. The van der Waals surface area contributed by atoms with Gasteiger partial charge in [0, 0.05) is 18.4 Å². The minimum Gasteiger partial charge on any atom is -0.481 e. The zero-order valence-electron chi connectivity index (χ0n) is 17.3. The maximum atomic E-state index is 12.3. The van der Waals surface area contributed by atoms with Gasteiger partial charge < -0.3 is 20.5 Å². The number of hydrogen-bond acceptors (Lipinski definition) is 4. The number of alkyl carbamates (subject to hydrolysis) is 1. The highest BCUT2D eigenvalue weighted by Gasteiger charge is 2.33. The summed E-state index contributed by atoms with van der Waals surface area (Å²) in [4.78, 5) is 35.3. The molecule has 2 aliphatic rings. The van der Waals surface area contributed by atoms with Gasteiger partial charge in [-0.25, -0.2) is 4.79 Å². The predicted octanol–water partition coefficient (Wildman–Crippen LogP) is 3.28. The van der Waals surface area contributed by atoms with Crippen LogP contribution in [-0.2, 0) is 14.3 Å². The molecule has 2 aliphatic carbocycles. The second-order valence-electron chi connectivity index (χ2n) is 8.33. The summed E-state index contributed by atoms with van der Waals surface area (Å²) in [5.74, 6) is -1.05. The molecule has 0 unspecified atom stereocenters. The first-order valence-corrected chi connectivity index (χ1v) is 10.6. The minimum absolute atomic E-state index is 0.0383. The molecule has 7 nitrogen and oxygen atoms in total. The van der Waals surface area contributed by atoms with Crippen molar-refractivity contribution < 1.29 is 24.2 Å². The molecule has 4 rings (SSSR count). The zero-order valence-corrected chi connectivity index (χ0v) is 17.3.